The number of nitrogens with zero attached hydrogens (tertiary/aromatic N) is 1. The number of amides is 1. The van der Waals surface area contributed by atoms with Crippen molar-refractivity contribution in [3.05, 3.63) is 56.9 Å². The van der Waals surface area contributed by atoms with E-state index in [2.05, 4.69) is 31.4 Å². The van der Waals surface area contributed by atoms with Crippen LogP contribution in [0.4, 0.5) is 24.5 Å². The highest BCUT2D eigenvalue weighted by Gasteiger charge is 2.33. The highest BCUT2D eigenvalue weighted by Crippen LogP contribution is 2.31. The summed E-state index contributed by atoms with van der Waals surface area (Å²) in [4.78, 5) is 14.5. The van der Waals surface area contributed by atoms with E-state index in [1.807, 2.05) is 22.6 Å². The van der Waals surface area contributed by atoms with E-state index in [4.69, 9.17) is 0 Å². The largest absolute Gasteiger partial charge is 0.350 e. The molecule has 0 aliphatic carbocycles. The second kappa shape index (κ2) is 9.13. The summed E-state index contributed by atoms with van der Waals surface area (Å²) in [5.74, 6) is -3.02. The Morgan fingerprint density at radius 3 is 2.47 bits per heavy atom. The molecule has 4 nitrogen and oxygen atoms in total. The molecule has 2 aromatic carbocycles. The van der Waals surface area contributed by atoms with Gasteiger partial charge in [0.2, 0.25) is 0 Å². The van der Waals surface area contributed by atoms with Crippen LogP contribution in [0.3, 0.4) is 0 Å². The van der Waals surface area contributed by atoms with Gasteiger partial charge in [0.25, 0.3) is 5.91 Å². The Balaban J connectivity index is 1.72. The van der Waals surface area contributed by atoms with Gasteiger partial charge in [-0.1, -0.05) is 20.8 Å². The van der Waals surface area contributed by atoms with E-state index >= 15 is 0 Å². The van der Waals surface area contributed by atoms with Crippen LogP contribution in [0.5, 0.6) is 0 Å². The van der Waals surface area contributed by atoms with Crippen LogP contribution in [0.2, 0.25) is 0 Å². The molecule has 0 bridgehead atoms. The fraction of sp³-hybridized carbons (Fsp3) is 0.409. The molecule has 3 rings (SSSR count). The van der Waals surface area contributed by atoms with Crippen molar-refractivity contribution in [3.8, 4) is 0 Å². The summed E-state index contributed by atoms with van der Waals surface area (Å²) < 4.78 is 43.2. The zero-order valence-corrected chi connectivity index (χ0v) is 19.3. The summed E-state index contributed by atoms with van der Waals surface area (Å²) in [5, 5.41) is 5.97. The molecule has 1 aliphatic rings. The van der Waals surface area contributed by atoms with Gasteiger partial charge in [0, 0.05) is 35.7 Å². The number of halogens is 4. The van der Waals surface area contributed by atoms with Crippen LogP contribution < -0.4 is 10.6 Å². The Morgan fingerprint density at radius 1 is 1.13 bits per heavy atom. The maximum atomic E-state index is 14.5. The summed E-state index contributed by atoms with van der Waals surface area (Å²) in [6.07, 6.45) is 0. The third-order valence-corrected chi connectivity index (χ3v) is 5.52. The van der Waals surface area contributed by atoms with E-state index in [-0.39, 0.29) is 22.4 Å². The third-order valence-electron chi connectivity index (χ3n) is 4.85. The van der Waals surface area contributed by atoms with E-state index in [9.17, 15) is 18.0 Å². The molecule has 2 aromatic rings. The van der Waals surface area contributed by atoms with Crippen LogP contribution >= 0.6 is 22.6 Å². The Morgan fingerprint density at radius 2 is 1.83 bits per heavy atom. The minimum absolute atomic E-state index is 0.0204. The predicted molar refractivity (Wildman–Crippen MR) is 120 cm³/mol. The van der Waals surface area contributed by atoms with Gasteiger partial charge in [0.1, 0.15) is 5.82 Å². The van der Waals surface area contributed by atoms with Gasteiger partial charge < -0.3 is 15.5 Å². The molecule has 2 N–H and O–H groups in total. The lowest BCUT2D eigenvalue weighted by Gasteiger charge is -2.40. The highest BCUT2D eigenvalue weighted by atomic mass is 127. The van der Waals surface area contributed by atoms with E-state index in [1.54, 1.807) is 11.0 Å². The quantitative estimate of drug-likeness (QED) is 0.507. The predicted octanol–water partition coefficient (Wildman–Crippen LogP) is 5.16. The van der Waals surface area contributed by atoms with Gasteiger partial charge in [-0.25, -0.2) is 13.2 Å². The van der Waals surface area contributed by atoms with Crippen molar-refractivity contribution in [2.45, 2.75) is 20.8 Å². The van der Waals surface area contributed by atoms with Crippen molar-refractivity contribution in [1.82, 2.24) is 10.2 Å². The molecule has 162 valence electrons. The van der Waals surface area contributed by atoms with Crippen molar-refractivity contribution >= 4 is 39.9 Å². The Hall–Kier alpha value is -1.81. The van der Waals surface area contributed by atoms with E-state index in [0.29, 0.717) is 22.6 Å². The lowest BCUT2D eigenvalue weighted by molar-refractivity contribution is 0.0497. The normalized spacial score (nSPS) is 14.6. The first-order valence-corrected chi connectivity index (χ1v) is 10.8. The van der Waals surface area contributed by atoms with Crippen LogP contribution in [0.15, 0.2) is 30.3 Å². The summed E-state index contributed by atoms with van der Waals surface area (Å²) in [5.41, 5.74) is -0.222. The van der Waals surface area contributed by atoms with Gasteiger partial charge in [-0.15, -0.1) is 0 Å². The first kappa shape index (κ1) is 22.9. The topological polar surface area (TPSA) is 44.4 Å². The molecular formula is C22H25F3IN3O. The summed E-state index contributed by atoms with van der Waals surface area (Å²) in [6, 6.07) is 6.48. The zero-order chi connectivity index (χ0) is 22.1. The SMILES string of the molecule is CC(C)(C)CNCC1CN(C(=O)c2ccc(F)c(F)c2Nc2ccc(I)cc2F)C1. The Labute approximate surface area is 188 Å². The number of carbonyl (C=O) groups is 1. The molecule has 1 amide bonds. The third kappa shape index (κ3) is 5.46. The van der Waals surface area contributed by atoms with E-state index in [0.717, 1.165) is 19.2 Å². The van der Waals surface area contributed by atoms with Crippen molar-refractivity contribution < 1.29 is 18.0 Å². The Bertz CT molecular complexity index is 940. The first-order chi connectivity index (χ1) is 14.0. The molecule has 30 heavy (non-hydrogen) atoms. The summed E-state index contributed by atoms with van der Waals surface area (Å²) >= 11 is 1.95. The summed E-state index contributed by atoms with van der Waals surface area (Å²) in [6.45, 7) is 9.16. The number of nitrogens with one attached hydrogen (secondary N) is 2. The fourth-order valence-corrected chi connectivity index (χ4v) is 3.72. The smallest absolute Gasteiger partial charge is 0.256 e. The van der Waals surface area contributed by atoms with Crippen LogP contribution in [0.1, 0.15) is 31.1 Å². The number of hydrogen-bond acceptors (Lipinski definition) is 3. The standard InChI is InChI=1S/C22H25F3IN3O/c1-22(2,3)12-27-9-13-10-29(11-13)21(30)15-5-6-16(23)19(25)20(15)28-18-7-4-14(26)8-17(18)24/h4-8,13,27-28H,9-12H2,1-3H3. The molecule has 0 saturated carbocycles. The molecule has 1 saturated heterocycles. The lowest BCUT2D eigenvalue weighted by Crippen LogP contribution is -2.53. The lowest BCUT2D eigenvalue weighted by atomic mass is 9.95. The van der Waals surface area contributed by atoms with Gasteiger partial charge in [-0.3, -0.25) is 4.79 Å². The van der Waals surface area contributed by atoms with Crippen LogP contribution in [0.25, 0.3) is 0 Å². The zero-order valence-electron chi connectivity index (χ0n) is 17.2. The minimum Gasteiger partial charge on any atom is -0.350 e. The number of anilines is 2. The number of benzene rings is 2. The summed E-state index contributed by atoms with van der Waals surface area (Å²) in [7, 11) is 0. The van der Waals surface area contributed by atoms with Crippen molar-refractivity contribution in [3.63, 3.8) is 0 Å². The van der Waals surface area contributed by atoms with E-state index < -0.39 is 23.4 Å². The maximum Gasteiger partial charge on any atom is 0.256 e. The molecule has 1 fully saturated rings. The van der Waals surface area contributed by atoms with Crippen LogP contribution in [0, 0.1) is 32.4 Å². The van der Waals surface area contributed by atoms with Gasteiger partial charge in [0.05, 0.1) is 16.9 Å². The van der Waals surface area contributed by atoms with Gasteiger partial charge in [-0.2, -0.15) is 0 Å². The van der Waals surface area contributed by atoms with Crippen molar-refractivity contribution in [1.29, 1.82) is 0 Å². The molecule has 1 aliphatic heterocycles. The minimum atomic E-state index is -1.21. The Kier molecular flexibility index (Phi) is 6.96. The monoisotopic (exact) mass is 531 g/mol. The van der Waals surface area contributed by atoms with Crippen LogP contribution in [-0.4, -0.2) is 37.0 Å². The molecule has 0 radical (unpaired) electrons. The van der Waals surface area contributed by atoms with Crippen molar-refractivity contribution in [2.75, 3.05) is 31.5 Å². The molecular weight excluding hydrogens is 506 g/mol. The fourth-order valence-electron chi connectivity index (χ4n) is 3.26. The molecule has 0 atom stereocenters. The number of hydrogen-bond donors (Lipinski definition) is 2. The maximum absolute atomic E-state index is 14.5. The second-order valence-corrected chi connectivity index (χ2v) is 10.0. The van der Waals surface area contributed by atoms with Gasteiger partial charge in [-0.05, 0) is 58.3 Å². The number of carbonyl (C=O) groups excluding carboxylic acids is 1. The first-order valence-electron chi connectivity index (χ1n) is 9.75. The van der Waals surface area contributed by atoms with Gasteiger partial charge in [0.15, 0.2) is 11.6 Å². The molecule has 0 unspecified atom stereocenters. The number of likely N-dealkylation sites (tertiary alicyclic amines) is 1. The highest BCUT2D eigenvalue weighted by molar-refractivity contribution is 14.1. The molecule has 8 heteroatoms. The van der Waals surface area contributed by atoms with E-state index in [1.165, 1.54) is 18.2 Å². The van der Waals surface area contributed by atoms with Crippen LogP contribution in [-0.2, 0) is 0 Å². The number of rotatable bonds is 6. The average Bonchev–Trinajstić information content (AvgIpc) is 2.61. The van der Waals surface area contributed by atoms with Gasteiger partial charge >= 0.3 is 0 Å². The average molecular weight is 531 g/mol. The van der Waals surface area contributed by atoms with Crippen molar-refractivity contribution in [2.24, 2.45) is 11.3 Å². The molecule has 0 spiro atoms. The molecule has 1 heterocycles. The molecule has 0 aromatic heterocycles. The second-order valence-electron chi connectivity index (χ2n) is 8.80.